The smallest absolute Gasteiger partial charge is 0.192 e. The summed E-state index contributed by atoms with van der Waals surface area (Å²) in [5, 5.41) is 3.37. The Morgan fingerprint density at radius 2 is 2.00 bits per heavy atom. The van der Waals surface area contributed by atoms with Gasteiger partial charge in [-0.15, -0.1) is 0 Å². The zero-order valence-electron chi connectivity index (χ0n) is 11.2. The first-order valence-corrected chi connectivity index (χ1v) is 8.73. The van der Waals surface area contributed by atoms with Crippen molar-refractivity contribution in [2.45, 2.75) is 18.0 Å². The molecule has 0 saturated carbocycles. The van der Waals surface area contributed by atoms with E-state index in [1.165, 1.54) is 12.3 Å². The molecule has 0 aliphatic heterocycles. The van der Waals surface area contributed by atoms with E-state index in [1.807, 2.05) is 31.2 Å². The second kappa shape index (κ2) is 5.93. The van der Waals surface area contributed by atoms with E-state index < -0.39 is 9.84 Å². The molecule has 1 heterocycles. The van der Waals surface area contributed by atoms with Gasteiger partial charge in [0.1, 0.15) is 0 Å². The molecular weight excluding hydrogens is 340 g/mol. The Kier molecular flexibility index (Phi) is 4.45. The summed E-state index contributed by atoms with van der Waals surface area (Å²) in [5.41, 5.74) is 1.91. The van der Waals surface area contributed by atoms with Crippen LogP contribution in [-0.4, -0.2) is 19.7 Å². The average molecular weight is 355 g/mol. The first-order chi connectivity index (χ1) is 9.36. The lowest BCUT2D eigenvalue weighted by Crippen LogP contribution is -2.07. The molecule has 0 amide bonds. The Bertz CT molecular complexity index is 699. The van der Waals surface area contributed by atoms with Crippen LogP contribution in [0.15, 0.2) is 52.1 Å². The second-order valence-electron chi connectivity index (χ2n) is 4.58. The molecule has 2 rings (SSSR count). The van der Waals surface area contributed by atoms with Crippen LogP contribution < -0.4 is 5.32 Å². The number of aromatic nitrogens is 1. The quantitative estimate of drug-likeness (QED) is 0.913. The van der Waals surface area contributed by atoms with Gasteiger partial charge >= 0.3 is 0 Å². The number of anilines is 1. The maximum atomic E-state index is 11.3. The van der Waals surface area contributed by atoms with Crippen LogP contribution in [0.25, 0.3) is 0 Å². The van der Waals surface area contributed by atoms with Gasteiger partial charge < -0.3 is 5.32 Å². The fraction of sp³-hybridized carbons (Fsp3) is 0.214. The summed E-state index contributed by atoms with van der Waals surface area (Å²) in [7, 11) is -3.25. The van der Waals surface area contributed by atoms with E-state index in [2.05, 4.69) is 26.2 Å². The predicted octanol–water partition coefficient (Wildman–Crippen LogP) is 3.42. The third kappa shape index (κ3) is 3.80. The van der Waals surface area contributed by atoms with Crippen molar-refractivity contribution in [3.8, 4) is 0 Å². The highest BCUT2D eigenvalue weighted by atomic mass is 79.9. The number of rotatable bonds is 4. The van der Waals surface area contributed by atoms with Gasteiger partial charge in [0.05, 0.1) is 11.9 Å². The number of nitrogens with zero attached hydrogens (tertiary/aromatic N) is 1. The molecule has 0 bridgehead atoms. The number of hydrogen-bond acceptors (Lipinski definition) is 4. The molecule has 0 aliphatic carbocycles. The summed E-state index contributed by atoms with van der Waals surface area (Å²) in [6.45, 7) is 2.03. The lowest BCUT2D eigenvalue weighted by molar-refractivity contribution is 0.598. The van der Waals surface area contributed by atoms with E-state index >= 15 is 0 Å². The van der Waals surface area contributed by atoms with Gasteiger partial charge in [-0.05, 0) is 36.8 Å². The monoisotopic (exact) mass is 354 g/mol. The van der Waals surface area contributed by atoms with Crippen molar-refractivity contribution >= 4 is 31.5 Å². The SMILES string of the molecule is CC(Nc1ccc(S(C)(=O)=O)nc1)c1cccc(Br)c1. The number of nitrogens with one attached hydrogen (secondary N) is 1. The highest BCUT2D eigenvalue weighted by Gasteiger charge is 2.10. The van der Waals surface area contributed by atoms with Gasteiger partial charge in [-0.25, -0.2) is 13.4 Å². The Morgan fingerprint density at radius 1 is 1.25 bits per heavy atom. The minimum absolute atomic E-state index is 0.0816. The summed E-state index contributed by atoms with van der Waals surface area (Å²) in [4.78, 5) is 3.95. The van der Waals surface area contributed by atoms with Crippen LogP contribution in [0.5, 0.6) is 0 Å². The summed E-state index contributed by atoms with van der Waals surface area (Å²) in [6.07, 6.45) is 2.68. The number of pyridine rings is 1. The highest BCUT2D eigenvalue weighted by Crippen LogP contribution is 2.22. The van der Waals surface area contributed by atoms with Crippen LogP contribution in [0.1, 0.15) is 18.5 Å². The third-order valence-corrected chi connectivity index (χ3v) is 4.34. The topological polar surface area (TPSA) is 59.1 Å². The molecule has 106 valence electrons. The van der Waals surface area contributed by atoms with Crippen LogP contribution in [0.3, 0.4) is 0 Å². The lowest BCUT2D eigenvalue weighted by atomic mass is 10.1. The van der Waals surface area contributed by atoms with E-state index in [4.69, 9.17) is 0 Å². The van der Waals surface area contributed by atoms with Crippen LogP contribution in [0.4, 0.5) is 5.69 Å². The van der Waals surface area contributed by atoms with Gasteiger partial charge in [0.25, 0.3) is 0 Å². The Morgan fingerprint density at radius 3 is 2.55 bits per heavy atom. The van der Waals surface area contributed by atoms with Crippen LogP contribution in [0, 0.1) is 0 Å². The van der Waals surface area contributed by atoms with Crippen molar-refractivity contribution < 1.29 is 8.42 Å². The summed E-state index contributed by atoms with van der Waals surface area (Å²) < 4.78 is 23.7. The fourth-order valence-corrected chi connectivity index (χ4v) is 2.77. The van der Waals surface area contributed by atoms with E-state index in [0.717, 1.165) is 22.0 Å². The summed E-state index contributed by atoms with van der Waals surface area (Å²) in [5.74, 6) is 0. The molecule has 0 saturated heterocycles. The minimum atomic E-state index is -3.25. The summed E-state index contributed by atoms with van der Waals surface area (Å²) in [6, 6.07) is 11.3. The molecule has 1 unspecified atom stereocenters. The second-order valence-corrected chi connectivity index (χ2v) is 7.46. The van der Waals surface area contributed by atoms with Crippen LogP contribution >= 0.6 is 15.9 Å². The third-order valence-electron chi connectivity index (χ3n) is 2.85. The normalized spacial score (nSPS) is 12.9. The predicted molar refractivity (Wildman–Crippen MR) is 83.5 cm³/mol. The molecular formula is C14H15BrN2O2S. The van der Waals surface area contributed by atoms with Crippen molar-refractivity contribution in [2.24, 2.45) is 0 Å². The number of halogens is 1. The molecule has 1 aromatic carbocycles. The molecule has 1 aromatic heterocycles. The van der Waals surface area contributed by atoms with E-state index in [-0.39, 0.29) is 11.1 Å². The fourth-order valence-electron chi connectivity index (χ4n) is 1.79. The van der Waals surface area contributed by atoms with E-state index in [1.54, 1.807) is 6.07 Å². The van der Waals surface area contributed by atoms with Gasteiger partial charge in [-0.2, -0.15) is 0 Å². The van der Waals surface area contributed by atoms with Gasteiger partial charge in [0, 0.05) is 16.8 Å². The van der Waals surface area contributed by atoms with Crippen molar-refractivity contribution in [1.29, 1.82) is 0 Å². The van der Waals surface area contributed by atoms with E-state index in [0.29, 0.717) is 0 Å². The molecule has 20 heavy (non-hydrogen) atoms. The summed E-state index contributed by atoms with van der Waals surface area (Å²) >= 11 is 3.44. The maximum absolute atomic E-state index is 11.3. The molecule has 0 spiro atoms. The van der Waals surface area contributed by atoms with E-state index in [9.17, 15) is 8.42 Å². The Labute approximate surface area is 127 Å². The standard InChI is InChI=1S/C14H15BrN2O2S/c1-10(11-4-3-5-12(15)8-11)17-13-6-7-14(16-9-13)20(2,18)19/h3-10,17H,1-2H3. The number of benzene rings is 1. The van der Waals surface area contributed by atoms with Crippen molar-refractivity contribution in [2.75, 3.05) is 11.6 Å². The molecule has 0 aliphatic rings. The van der Waals surface area contributed by atoms with Crippen molar-refractivity contribution in [3.05, 3.63) is 52.6 Å². The Balaban J connectivity index is 2.14. The zero-order valence-corrected chi connectivity index (χ0v) is 13.6. The maximum Gasteiger partial charge on any atom is 0.192 e. The minimum Gasteiger partial charge on any atom is -0.377 e. The van der Waals surface area contributed by atoms with Gasteiger partial charge in [0.15, 0.2) is 14.9 Å². The van der Waals surface area contributed by atoms with Gasteiger partial charge in [-0.1, -0.05) is 28.1 Å². The lowest BCUT2D eigenvalue weighted by Gasteiger charge is -2.15. The van der Waals surface area contributed by atoms with Crippen LogP contribution in [0.2, 0.25) is 0 Å². The van der Waals surface area contributed by atoms with Crippen molar-refractivity contribution in [1.82, 2.24) is 4.98 Å². The Hall–Kier alpha value is -1.40. The van der Waals surface area contributed by atoms with Crippen molar-refractivity contribution in [3.63, 3.8) is 0 Å². The number of hydrogen-bond donors (Lipinski definition) is 1. The molecule has 6 heteroatoms. The van der Waals surface area contributed by atoms with Crippen LogP contribution in [-0.2, 0) is 9.84 Å². The molecule has 1 atom stereocenters. The average Bonchev–Trinajstić information content (AvgIpc) is 2.38. The number of sulfone groups is 1. The highest BCUT2D eigenvalue weighted by molar-refractivity contribution is 9.10. The molecule has 4 nitrogen and oxygen atoms in total. The molecule has 0 radical (unpaired) electrons. The first-order valence-electron chi connectivity index (χ1n) is 6.04. The largest absolute Gasteiger partial charge is 0.377 e. The molecule has 0 fully saturated rings. The zero-order chi connectivity index (χ0) is 14.8. The van der Waals surface area contributed by atoms with Gasteiger partial charge in [-0.3, -0.25) is 0 Å². The molecule has 2 aromatic rings. The first kappa shape index (κ1) is 15.0. The van der Waals surface area contributed by atoms with Gasteiger partial charge in [0.2, 0.25) is 0 Å². The molecule has 1 N–H and O–H groups in total.